The number of hydrogen-bond donors (Lipinski definition) is 0. The Morgan fingerprint density at radius 2 is 1.88 bits per heavy atom. The summed E-state index contributed by atoms with van der Waals surface area (Å²) in [6.45, 7) is 3.78. The van der Waals surface area contributed by atoms with Gasteiger partial charge in [-0.25, -0.2) is 8.42 Å². The van der Waals surface area contributed by atoms with Crippen molar-refractivity contribution in [1.82, 2.24) is 19.0 Å². The summed E-state index contributed by atoms with van der Waals surface area (Å²) in [7, 11) is -0.212. The number of likely N-dealkylation sites (tertiary alicyclic amines) is 1. The SMILES string of the molecule is CC(=O)N1CCC2(C1)CN(c1ccn(C)n1)c1ccc(S(=O)(=O)N(C)Cc3ccccc3)cc12. The predicted molar refractivity (Wildman–Crippen MR) is 130 cm³/mol. The molecule has 0 N–H and O–H groups in total. The molecular weight excluding hydrogens is 450 g/mol. The molecule has 2 aliphatic rings. The number of anilines is 2. The molecule has 1 amide bonds. The second kappa shape index (κ2) is 8.25. The van der Waals surface area contributed by atoms with Gasteiger partial charge in [0.25, 0.3) is 0 Å². The number of carbonyl (C=O) groups excluding carboxylic acids is 1. The number of rotatable bonds is 5. The van der Waals surface area contributed by atoms with Crippen LogP contribution < -0.4 is 4.90 Å². The molecule has 2 aromatic carbocycles. The molecule has 34 heavy (non-hydrogen) atoms. The van der Waals surface area contributed by atoms with Crippen molar-refractivity contribution in [3.63, 3.8) is 0 Å². The molecular formula is C25H29N5O3S. The standard InChI is InChI=1S/C25H29N5O3S/c1-19(31)29-14-12-25(17-29)18-30(24-11-13-27(2)26-24)23-10-9-21(15-22(23)25)34(32,33)28(3)16-20-7-5-4-6-8-20/h4-11,13,15H,12,14,16-18H2,1-3H3. The number of fused-ring (bicyclic) bond motifs is 2. The Kier molecular flexibility index (Phi) is 5.49. The molecule has 178 valence electrons. The van der Waals surface area contributed by atoms with Crippen LogP contribution in [-0.2, 0) is 33.8 Å². The van der Waals surface area contributed by atoms with E-state index < -0.39 is 10.0 Å². The fraction of sp³-hybridized carbons (Fsp3) is 0.360. The lowest BCUT2D eigenvalue weighted by atomic mass is 9.81. The highest BCUT2D eigenvalue weighted by molar-refractivity contribution is 7.89. The molecule has 5 rings (SSSR count). The highest BCUT2D eigenvalue weighted by Crippen LogP contribution is 2.49. The highest BCUT2D eigenvalue weighted by Gasteiger charge is 2.49. The fourth-order valence-electron chi connectivity index (χ4n) is 5.16. The lowest BCUT2D eigenvalue weighted by Gasteiger charge is -2.25. The van der Waals surface area contributed by atoms with Gasteiger partial charge in [-0.2, -0.15) is 9.40 Å². The van der Waals surface area contributed by atoms with E-state index in [9.17, 15) is 13.2 Å². The number of amides is 1. The number of hydrogen-bond acceptors (Lipinski definition) is 5. The van der Waals surface area contributed by atoms with Crippen LogP contribution in [0.4, 0.5) is 11.5 Å². The molecule has 9 heteroatoms. The normalized spacial score (nSPS) is 19.9. The van der Waals surface area contributed by atoms with E-state index in [4.69, 9.17) is 0 Å². The number of aromatic nitrogens is 2. The minimum absolute atomic E-state index is 0.0427. The van der Waals surface area contributed by atoms with Gasteiger partial charge in [-0.1, -0.05) is 30.3 Å². The summed E-state index contributed by atoms with van der Waals surface area (Å²) < 4.78 is 30.1. The van der Waals surface area contributed by atoms with Crippen molar-refractivity contribution in [1.29, 1.82) is 0 Å². The quantitative estimate of drug-likeness (QED) is 0.562. The summed E-state index contributed by atoms with van der Waals surface area (Å²) in [4.78, 5) is 16.4. The van der Waals surface area contributed by atoms with Crippen molar-refractivity contribution in [3.05, 3.63) is 71.9 Å². The maximum Gasteiger partial charge on any atom is 0.243 e. The molecule has 1 atom stereocenters. The zero-order chi connectivity index (χ0) is 24.1. The van der Waals surface area contributed by atoms with Gasteiger partial charge in [0.15, 0.2) is 5.82 Å². The van der Waals surface area contributed by atoms with Crippen LogP contribution in [0.1, 0.15) is 24.5 Å². The molecule has 0 aliphatic carbocycles. The van der Waals surface area contributed by atoms with E-state index in [-0.39, 0.29) is 16.2 Å². The molecule has 1 spiro atoms. The number of aryl methyl sites for hydroxylation is 1. The molecule has 2 aliphatic heterocycles. The third kappa shape index (κ3) is 3.78. The highest BCUT2D eigenvalue weighted by atomic mass is 32.2. The van der Waals surface area contributed by atoms with Crippen molar-refractivity contribution < 1.29 is 13.2 Å². The van der Waals surface area contributed by atoms with Gasteiger partial charge in [-0.3, -0.25) is 9.48 Å². The van der Waals surface area contributed by atoms with E-state index >= 15 is 0 Å². The van der Waals surface area contributed by atoms with Crippen LogP contribution in [0.2, 0.25) is 0 Å². The van der Waals surface area contributed by atoms with Crippen molar-refractivity contribution in [2.75, 3.05) is 31.6 Å². The molecule has 1 aromatic heterocycles. The summed E-state index contributed by atoms with van der Waals surface area (Å²) in [6.07, 6.45) is 2.68. The smallest absolute Gasteiger partial charge is 0.243 e. The molecule has 1 saturated heterocycles. The first-order valence-electron chi connectivity index (χ1n) is 11.4. The van der Waals surface area contributed by atoms with Crippen LogP contribution in [0.15, 0.2) is 65.7 Å². The Labute approximate surface area is 200 Å². The molecule has 3 heterocycles. The largest absolute Gasteiger partial charge is 0.342 e. The van der Waals surface area contributed by atoms with E-state index in [0.717, 1.165) is 29.1 Å². The second-order valence-electron chi connectivity index (χ2n) is 9.33. The monoisotopic (exact) mass is 479 g/mol. The van der Waals surface area contributed by atoms with Crippen molar-refractivity contribution in [3.8, 4) is 0 Å². The third-order valence-corrected chi connectivity index (χ3v) is 8.82. The second-order valence-corrected chi connectivity index (χ2v) is 11.4. The first-order valence-corrected chi connectivity index (χ1v) is 12.8. The first-order chi connectivity index (χ1) is 16.2. The van der Waals surface area contributed by atoms with Crippen LogP contribution in [-0.4, -0.2) is 60.0 Å². The van der Waals surface area contributed by atoms with Crippen molar-refractivity contribution in [2.45, 2.75) is 30.2 Å². The summed E-state index contributed by atoms with van der Waals surface area (Å²) in [5, 5.41) is 4.58. The van der Waals surface area contributed by atoms with Gasteiger partial charge in [0, 0.05) is 70.6 Å². The first kappa shape index (κ1) is 22.6. The van der Waals surface area contributed by atoms with E-state index in [2.05, 4.69) is 10.00 Å². The fourth-order valence-corrected chi connectivity index (χ4v) is 6.34. The zero-order valence-corrected chi connectivity index (χ0v) is 20.5. The maximum absolute atomic E-state index is 13.5. The third-order valence-electron chi connectivity index (χ3n) is 7.02. The van der Waals surface area contributed by atoms with Crippen LogP contribution >= 0.6 is 0 Å². The van der Waals surface area contributed by atoms with Gasteiger partial charge in [0.2, 0.25) is 15.9 Å². The van der Waals surface area contributed by atoms with Crippen LogP contribution in [0.25, 0.3) is 0 Å². The Morgan fingerprint density at radius 1 is 1.12 bits per heavy atom. The molecule has 8 nitrogen and oxygen atoms in total. The summed E-state index contributed by atoms with van der Waals surface area (Å²) >= 11 is 0. The average Bonchev–Trinajstić information content (AvgIpc) is 3.52. The summed E-state index contributed by atoms with van der Waals surface area (Å²) in [5.74, 6) is 0.861. The van der Waals surface area contributed by atoms with Crippen molar-refractivity contribution >= 4 is 27.4 Å². The molecule has 0 radical (unpaired) electrons. The molecule has 1 fully saturated rings. The van der Waals surface area contributed by atoms with Crippen molar-refractivity contribution in [2.24, 2.45) is 7.05 Å². The van der Waals surface area contributed by atoms with Gasteiger partial charge in [0.1, 0.15) is 0 Å². The maximum atomic E-state index is 13.5. The van der Waals surface area contributed by atoms with E-state index in [0.29, 0.717) is 26.2 Å². The van der Waals surface area contributed by atoms with E-state index in [1.54, 1.807) is 24.7 Å². The van der Waals surface area contributed by atoms with Gasteiger partial charge in [-0.05, 0) is 35.7 Å². The number of nitrogens with zero attached hydrogens (tertiary/aromatic N) is 5. The minimum Gasteiger partial charge on any atom is -0.342 e. The Bertz CT molecular complexity index is 1340. The molecule has 3 aromatic rings. The lowest BCUT2D eigenvalue weighted by Crippen LogP contribution is -2.36. The van der Waals surface area contributed by atoms with Gasteiger partial charge in [-0.15, -0.1) is 0 Å². The van der Waals surface area contributed by atoms with E-state index in [1.807, 2.05) is 66.7 Å². The topological polar surface area (TPSA) is 78.8 Å². The zero-order valence-electron chi connectivity index (χ0n) is 19.7. The van der Waals surface area contributed by atoms with Crippen LogP contribution in [0, 0.1) is 0 Å². The lowest BCUT2D eigenvalue weighted by molar-refractivity contribution is -0.127. The summed E-state index contributed by atoms with van der Waals surface area (Å²) in [6, 6.07) is 16.9. The van der Waals surface area contributed by atoms with Gasteiger partial charge < -0.3 is 9.80 Å². The Morgan fingerprint density at radius 3 is 2.53 bits per heavy atom. The number of carbonyl (C=O) groups is 1. The molecule has 0 bridgehead atoms. The Balaban J connectivity index is 1.54. The van der Waals surface area contributed by atoms with Crippen LogP contribution in [0.3, 0.4) is 0 Å². The van der Waals surface area contributed by atoms with Gasteiger partial charge in [0.05, 0.1) is 4.90 Å². The summed E-state index contributed by atoms with van der Waals surface area (Å²) in [5.41, 5.74) is 2.52. The molecule has 0 saturated carbocycles. The molecule has 1 unspecified atom stereocenters. The number of benzene rings is 2. The minimum atomic E-state index is -3.70. The number of sulfonamides is 1. The van der Waals surface area contributed by atoms with Crippen LogP contribution in [0.5, 0.6) is 0 Å². The Hall–Kier alpha value is -3.17. The van der Waals surface area contributed by atoms with E-state index in [1.165, 1.54) is 4.31 Å². The van der Waals surface area contributed by atoms with Gasteiger partial charge >= 0.3 is 0 Å². The predicted octanol–water partition coefficient (Wildman–Crippen LogP) is 2.88. The average molecular weight is 480 g/mol.